The van der Waals surface area contributed by atoms with Crippen molar-refractivity contribution >= 4 is 18.3 Å². The fourth-order valence-corrected chi connectivity index (χ4v) is 4.47. The van der Waals surface area contributed by atoms with Gasteiger partial charge in [-0.05, 0) is 43.7 Å². The van der Waals surface area contributed by atoms with E-state index in [2.05, 4.69) is 5.32 Å². The van der Waals surface area contributed by atoms with Crippen LogP contribution in [0.5, 0.6) is 0 Å². The SMILES string of the molecule is Cl.N[C@@H]1CCC[C@H]1CC(=O)NCC1(c2c(F)cccc2F)CCCC1. The van der Waals surface area contributed by atoms with Crippen molar-refractivity contribution in [1.82, 2.24) is 5.32 Å². The van der Waals surface area contributed by atoms with Crippen LogP contribution in [0.2, 0.25) is 0 Å². The lowest BCUT2D eigenvalue weighted by Gasteiger charge is -2.31. The molecule has 1 amide bonds. The summed E-state index contributed by atoms with van der Waals surface area (Å²) < 4.78 is 28.6. The van der Waals surface area contributed by atoms with Crippen LogP contribution in [0.25, 0.3) is 0 Å². The topological polar surface area (TPSA) is 55.1 Å². The number of carbonyl (C=O) groups is 1. The minimum absolute atomic E-state index is 0. The number of halogens is 3. The van der Waals surface area contributed by atoms with Crippen LogP contribution in [-0.2, 0) is 10.2 Å². The fourth-order valence-electron chi connectivity index (χ4n) is 4.47. The molecule has 140 valence electrons. The van der Waals surface area contributed by atoms with Crippen LogP contribution in [0.4, 0.5) is 8.78 Å². The van der Waals surface area contributed by atoms with Gasteiger partial charge in [0.2, 0.25) is 5.91 Å². The Morgan fingerprint density at radius 3 is 2.36 bits per heavy atom. The zero-order chi connectivity index (χ0) is 17.2. The molecule has 25 heavy (non-hydrogen) atoms. The maximum absolute atomic E-state index is 14.3. The molecule has 3 N–H and O–H groups in total. The molecule has 0 saturated heterocycles. The average Bonchev–Trinajstić information content (AvgIpc) is 3.16. The maximum Gasteiger partial charge on any atom is 0.220 e. The second-order valence-electron chi connectivity index (χ2n) is 7.42. The van der Waals surface area contributed by atoms with Gasteiger partial charge in [0.1, 0.15) is 11.6 Å². The van der Waals surface area contributed by atoms with Gasteiger partial charge < -0.3 is 11.1 Å². The van der Waals surface area contributed by atoms with Gasteiger partial charge in [0.25, 0.3) is 0 Å². The first-order valence-corrected chi connectivity index (χ1v) is 8.99. The van der Waals surface area contributed by atoms with E-state index in [4.69, 9.17) is 5.73 Å². The van der Waals surface area contributed by atoms with Gasteiger partial charge in [0.05, 0.1) is 0 Å². The van der Waals surface area contributed by atoms with Crippen molar-refractivity contribution in [3.8, 4) is 0 Å². The van der Waals surface area contributed by atoms with Crippen molar-refractivity contribution in [2.45, 2.75) is 62.8 Å². The third-order valence-electron chi connectivity index (χ3n) is 5.84. The van der Waals surface area contributed by atoms with Crippen molar-refractivity contribution in [2.75, 3.05) is 6.54 Å². The minimum Gasteiger partial charge on any atom is -0.355 e. The van der Waals surface area contributed by atoms with Gasteiger partial charge in [-0.3, -0.25) is 4.79 Å². The van der Waals surface area contributed by atoms with Gasteiger partial charge in [-0.25, -0.2) is 8.78 Å². The first-order chi connectivity index (χ1) is 11.5. The van der Waals surface area contributed by atoms with E-state index in [1.165, 1.54) is 18.2 Å². The van der Waals surface area contributed by atoms with Crippen LogP contribution in [-0.4, -0.2) is 18.5 Å². The first kappa shape index (κ1) is 20.1. The summed E-state index contributed by atoms with van der Waals surface area (Å²) in [5, 5.41) is 2.94. The second kappa shape index (κ2) is 8.45. The Hall–Kier alpha value is -1.20. The highest BCUT2D eigenvalue weighted by molar-refractivity contribution is 5.85. The summed E-state index contributed by atoms with van der Waals surface area (Å²) >= 11 is 0. The Morgan fingerprint density at radius 2 is 1.80 bits per heavy atom. The van der Waals surface area contributed by atoms with Crippen molar-refractivity contribution in [3.63, 3.8) is 0 Å². The summed E-state index contributed by atoms with van der Waals surface area (Å²) in [6, 6.07) is 4.09. The van der Waals surface area contributed by atoms with E-state index in [1.54, 1.807) is 0 Å². The Morgan fingerprint density at radius 1 is 1.16 bits per heavy atom. The van der Waals surface area contributed by atoms with Crippen LogP contribution >= 0.6 is 12.4 Å². The number of benzene rings is 1. The van der Waals surface area contributed by atoms with Gasteiger partial charge in [-0.1, -0.05) is 25.3 Å². The summed E-state index contributed by atoms with van der Waals surface area (Å²) in [5.41, 5.74) is 5.54. The first-order valence-electron chi connectivity index (χ1n) is 8.99. The summed E-state index contributed by atoms with van der Waals surface area (Å²) in [6.07, 6.45) is 6.71. The number of rotatable bonds is 5. The molecule has 0 unspecified atom stereocenters. The molecule has 0 heterocycles. The van der Waals surface area contributed by atoms with Gasteiger partial charge >= 0.3 is 0 Å². The molecule has 0 aliphatic heterocycles. The molecule has 2 aliphatic carbocycles. The van der Waals surface area contributed by atoms with Crippen LogP contribution in [0.1, 0.15) is 56.9 Å². The molecule has 0 radical (unpaired) electrons. The molecule has 3 nitrogen and oxygen atoms in total. The standard InChI is InChI=1S/C19H26F2N2O.ClH/c20-14-6-4-7-15(21)18(14)19(9-1-2-10-19)12-23-17(24)11-13-5-3-8-16(13)22;/h4,6-7,13,16H,1-3,5,8-12,22H2,(H,23,24);1H/t13-,16+;/m0./s1. The van der Waals surface area contributed by atoms with Gasteiger partial charge in [-0.2, -0.15) is 0 Å². The van der Waals surface area contributed by atoms with E-state index >= 15 is 0 Å². The largest absolute Gasteiger partial charge is 0.355 e. The smallest absolute Gasteiger partial charge is 0.220 e. The minimum atomic E-state index is -0.622. The van der Waals surface area contributed by atoms with E-state index in [0.29, 0.717) is 25.8 Å². The van der Waals surface area contributed by atoms with E-state index in [0.717, 1.165) is 32.1 Å². The third kappa shape index (κ3) is 4.32. The Labute approximate surface area is 154 Å². The Bertz CT molecular complexity index is 585. The van der Waals surface area contributed by atoms with Gasteiger partial charge in [-0.15, -0.1) is 12.4 Å². The molecule has 2 fully saturated rings. The Balaban J connectivity index is 0.00000225. The van der Waals surface area contributed by atoms with Crippen LogP contribution in [0, 0.1) is 17.6 Å². The number of amides is 1. The van der Waals surface area contributed by atoms with Crippen molar-refractivity contribution < 1.29 is 13.6 Å². The molecular weight excluding hydrogens is 346 g/mol. The molecule has 1 aromatic carbocycles. The summed E-state index contributed by atoms with van der Waals surface area (Å²) in [7, 11) is 0. The summed E-state index contributed by atoms with van der Waals surface area (Å²) in [4.78, 5) is 12.3. The number of nitrogens with two attached hydrogens (primary N) is 1. The molecule has 2 atom stereocenters. The molecule has 0 aromatic heterocycles. The van der Waals surface area contributed by atoms with Crippen molar-refractivity contribution in [3.05, 3.63) is 35.4 Å². The maximum atomic E-state index is 14.3. The fraction of sp³-hybridized carbons (Fsp3) is 0.632. The van der Waals surface area contributed by atoms with Gasteiger partial charge in [0, 0.05) is 30.0 Å². The van der Waals surface area contributed by atoms with E-state index in [9.17, 15) is 13.6 Å². The molecule has 3 rings (SSSR count). The quantitative estimate of drug-likeness (QED) is 0.825. The van der Waals surface area contributed by atoms with Crippen LogP contribution < -0.4 is 11.1 Å². The summed E-state index contributed by atoms with van der Waals surface area (Å²) in [6.45, 7) is 0.297. The van der Waals surface area contributed by atoms with Crippen molar-refractivity contribution in [2.24, 2.45) is 11.7 Å². The van der Waals surface area contributed by atoms with E-state index in [-0.39, 0.29) is 35.8 Å². The lowest BCUT2D eigenvalue weighted by Crippen LogP contribution is -2.41. The number of hydrogen-bond donors (Lipinski definition) is 2. The number of hydrogen-bond acceptors (Lipinski definition) is 2. The Kier molecular flexibility index (Phi) is 6.80. The zero-order valence-corrected chi connectivity index (χ0v) is 15.2. The van der Waals surface area contributed by atoms with E-state index < -0.39 is 17.0 Å². The molecule has 2 saturated carbocycles. The molecule has 1 aromatic rings. The van der Waals surface area contributed by atoms with Crippen LogP contribution in [0.3, 0.4) is 0 Å². The highest BCUT2D eigenvalue weighted by atomic mass is 35.5. The molecule has 2 aliphatic rings. The lowest BCUT2D eigenvalue weighted by molar-refractivity contribution is -0.122. The summed E-state index contributed by atoms with van der Waals surface area (Å²) in [5.74, 6) is -0.844. The van der Waals surface area contributed by atoms with Crippen molar-refractivity contribution in [1.29, 1.82) is 0 Å². The normalized spacial score (nSPS) is 24.8. The third-order valence-corrected chi connectivity index (χ3v) is 5.84. The highest BCUT2D eigenvalue weighted by Gasteiger charge is 2.40. The number of nitrogens with one attached hydrogen (secondary N) is 1. The molecular formula is C19H27ClF2N2O. The lowest BCUT2D eigenvalue weighted by atomic mass is 9.78. The monoisotopic (exact) mass is 372 g/mol. The van der Waals surface area contributed by atoms with Gasteiger partial charge in [0.15, 0.2) is 0 Å². The van der Waals surface area contributed by atoms with Crippen LogP contribution in [0.15, 0.2) is 18.2 Å². The predicted molar refractivity (Wildman–Crippen MR) is 96.7 cm³/mol. The number of carbonyl (C=O) groups excluding carboxylic acids is 1. The molecule has 0 spiro atoms. The average molecular weight is 373 g/mol. The highest BCUT2D eigenvalue weighted by Crippen LogP contribution is 2.42. The molecule has 0 bridgehead atoms. The molecule has 6 heteroatoms. The zero-order valence-electron chi connectivity index (χ0n) is 14.4. The predicted octanol–water partition coefficient (Wildman–Crippen LogP) is 3.83. The van der Waals surface area contributed by atoms with E-state index in [1.807, 2.05) is 0 Å². The second-order valence-corrected chi connectivity index (χ2v) is 7.42.